The van der Waals surface area contributed by atoms with E-state index in [-0.39, 0.29) is 27.3 Å². The van der Waals surface area contributed by atoms with Crippen LogP contribution < -0.4 is 0 Å². The second kappa shape index (κ2) is 8.75. The van der Waals surface area contributed by atoms with E-state index >= 15 is 0 Å². The van der Waals surface area contributed by atoms with Crippen LogP contribution in [-0.4, -0.2) is 50.8 Å². The third-order valence-corrected chi connectivity index (χ3v) is 8.45. The summed E-state index contributed by atoms with van der Waals surface area (Å²) < 4.78 is 5.92. The van der Waals surface area contributed by atoms with E-state index < -0.39 is 30.5 Å². The number of halogens is 3. The molecule has 3 rings (SSSR count). The van der Waals surface area contributed by atoms with Crippen LogP contribution in [0.2, 0.25) is 0 Å². The van der Waals surface area contributed by atoms with Crippen molar-refractivity contribution in [2.24, 2.45) is 11.8 Å². The first-order chi connectivity index (χ1) is 13.2. The SMILES string of the molecule is CC(C(=O)OCC(=O)c1ccc(Br)cc1)N1C(=O)C2CC(Br)C(Br)CC2C1=O. The van der Waals surface area contributed by atoms with Crippen molar-refractivity contribution in [1.29, 1.82) is 0 Å². The summed E-state index contributed by atoms with van der Waals surface area (Å²) in [6.07, 6.45) is 1.07. The first kappa shape index (κ1) is 21.6. The third kappa shape index (κ3) is 4.26. The van der Waals surface area contributed by atoms with Gasteiger partial charge in [0.15, 0.2) is 12.4 Å². The summed E-state index contributed by atoms with van der Waals surface area (Å²) in [5, 5.41) is 0. The molecule has 1 saturated heterocycles. The van der Waals surface area contributed by atoms with Gasteiger partial charge < -0.3 is 4.74 Å². The number of Topliss-reactive ketones (excluding diaryl/α,β-unsaturated/α-hetero) is 1. The van der Waals surface area contributed by atoms with E-state index in [1.807, 2.05) is 0 Å². The van der Waals surface area contributed by atoms with Crippen LogP contribution in [0.1, 0.15) is 30.1 Å². The van der Waals surface area contributed by atoms with Gasteiger partial charge in [-0.3, -0.25) is 19.3 Å². The van der Waals surface area contributed by atoms with Gasteiger partial charge >= 0.3 is 5.97 Å². The number of ether oxygens (including phenoxy) is 1. The molecule has 2 aliphatic rings. The number of esters is 1. The van der Waals surface area contributed by atoms with Gasteiger partial charge in [-0.05, 0) is 31.9 Å². The van der Waals surface area contributed by atoms with Crippen molar-refractivity contribution in [3.8, 4) is 0 Å². The predicted octanol–water partition coefficient (Wildman–Crippen LogP) is 3.49. The molecule has 0 spiro atoms. The molecule has 2 amide bonds. The quantitative estimate of drug-likeness (QED) is 0.231. The smallest absolute Gasteiger partial charge is 0.329 e. The Morgan fingerprint density at radius 3 is 2.07 bits per heavy atom. The topological polar surface area (TPSA) is 80.8 Å². The van der Waals surface area contributed by atoms with Gasteiger partial charge in [0.05, 0.1) is 11.8 Å². The van der Waals surface area contributed by atoms with Crippen LogP contribution in [0, 0.1) is 11.8 Å². The highest BCUT2D eigenvalue weighted by Crippen LogP contribution is 2.43. The number of alkyl halides is 2. The minimum absolute atomic E-state index is 0.0937. The number of hydrogen-bond donors (Lipinski definition) is 0. The van der Waals surface area contributed by atoms with E-state index in [9.17, 15) is 19.2 Å². The molecule has 1 saturated carbocycles. The first-order valence-corrected chi connectivity index (χ1v) is 11.4. The minimum atomic E-state index is -1.06. The van der Waals surface area contributed by atoms with Crippen LogP contribution in [-0.2, 0) is 19.1 Å². The third-order valence-electron chi connectivity index (χ3n) is 5.19. The maximum Gasteiger partial charge on any atom is 0.329 e. The lowest BCUT2D eigenvalue weighted by Crippen LogP contribution is -2.44. The van der Waals surface area contributed by atoms with Gasteiger partial charge in [-0.15, -0.1) is 0 Å². The minimum Gasteiger partial charge on any atom is -0.456 e. The van der Waals surface area contributed by atoms with Crippen molar-refractivity contribution >= 4 is 71.4 Å². The fraction of sp³-hybridized carbons (Fsp3) is 0.474. The number of benzene rings is 1. The monoisotopic (exact) mass is 577 g/mol. The second-order valence-electron chi connectivity index (χ2n) is 6.98. The molecule has 0 aromatic heterocycles. The molecule has 1 heterocycles. The Morgan fingerprint density at radius 2 is 1.57 bits per heavy atom. The Bertz CT molecular complexity index is 784. The zero-order valence-corrected chi connectivity index (χ0v) is 19.7. The summed E-state index contributed by atoms with van der Waals surface area (Å²) in [5.74, 6) is -2.66. The van der Waals surface area contributed by atoms with Crippen molar-refractivity contribution in [3.63, 3.8) is 0 Å². The van der Waals surface area contributed by atoms with Crippen LogP contribution in [0.15, 0.2) is 28.7 Å². The Labute approximate surface area is 187 Å². The molecule has 6 nitrogen and oxygen atoms in total. The Kier molecular flexibility index (Phi) is 6.76. The number of hydrogen-bond acceptors (Lipinski definition) is 5. The highest BCUT2D eigenvalue weighted by Gasteiger charge is 2.54. The van der Waals surface area contributed by atoms with E-state index in [1.165, 1.54) is 6.92 Å². The Hall–Kier alpha value is -1.06. The zero-order chi connectivity index (χ0) is 20.6. The fourth-order valence-electron chi connectivity index (χ4n) is 3.58. The van der Waals surface area contributed by atoms with Crippen LogP contribution in [0.3, 0.4) is 0 Å². The summed E-state index contributed by atoms with van der Waals surface area (Å²) in [5.41, 5.74) is 0.412. The number of ketones is 1. The van der Waals surface area contributed by atoms with Gasteiger partial charge in [0.1, 0.15) is 6.04 Å². The van der Waals surface area contributed by atoms with E-state index in [0.717, 1.165) is 9.37 Å². The van der Waals surface area contributed by atoms with Gasteiger partial charge in [-0.2, -0.15) is 0 Å². The second-order valence-corrected chi connectivity index (χ2v) is 10.2. The molecule has 150 valence electrons. The molecule has 5 unspecified atom stereocenters. The van der Waals surface area contributed by atoms with Gasteiger partial charge in [-0.25, -0.2) is 4.79 Å². The molecule has 2 fully saturated rings. The van der Waals surface area contributed by atoms with Crippen LogP contribution in [0.25, 0.3) is 0 Å². The lowest BCUT2D eigenvalue weighted by molar-refractivity contribution is -0.157. The lowest BCUT2D eigenvalue weighted by atomic mass is 9.81. The molecule has 5 atom stereocenters. The molecule has 1 aromatic carbocycles. The molecule has 9 heteroatoms. The largest absolute Gasteiger partial charge is 0.456 e. The number of imide groups is 1. The first-order valence-electron chi connectivity index (χ1n) is 8.81. The average Bonchev–Trinajstić information content (AvgIpc) is 2.90. The molecular weight excluding hydrogens is 562 g/mol. The van der Waals surface area contributed by atoms with Crippen LogP contribution in [0.4, 0.5) is 0 Å². The standard InChI is InChI=1S/C19H18Br3NO5/c1-9(19(27)28-8-16(24)10-2-4-11(20)5-3-10)23-17(25)12-6-14(21)15(22)7-13(12)18(23)26/h2-5,9,12-15H,6-8H2,1H3. The molecule has 1 aliphatic heterocycles. The van der Waals surface area contributed by atoms with E-state index in [0.29, 0.717) is 18.4 Å². The summed E-state index contributed by atoms with van der Waals surface area (Å²) in [6.45, 7) is 1.01. The maximum absolute atomic E-state index is 12.7. The van der Waals surface area contributed by atoms with Crippen molar-refractivity contribution < 1.29 is 23.9 Å². The highest BCUT2D eigenvalue weighted by atomic mass is 79.9. The number of likely N-dealkylation sites (tertiary alicyclic amines) is 1. The summed E-state index contributed by atoms with van der Waals surface area (Å²) in [4.78, 5) is 51.2. The van der Waals surface area contributed by atoms with Crippen LogP contribution in [0.5, 0.6) is 0 Å². The lowest BCUT2D eigenvalue weighted by Gasteiger charge is -2.29. The van der Waals surface area contributed by atoms with Gasteiger partial charge in [0, 0.05) is 19.7 Å². The van der Waals surface area contributed by atoms with Crippen molar-refractivity contribution in [1.82, 2.24) is 4.90 Å². The number of rotatable bonds is 5. The fourth-order valence-corrected chi connectivity index (χ4v) is 5.09. The van der Waals surface area contributed by atoms with Crippen molar-refractivity contribution in [2.75, 3.05) is 6.61 Å². The Morgan fingerprint density at radius 1 is 1.07 bits per heavy atom. The van der Waals surface area contributed by atoms with E-state index in [2.05, 4.69) is 47.8 Å². The molecule has 0 radical (unpaired) electrons. The molecule has 0 N–H and O–H groups in total. The molecule has 28 heavy (non-hydrogen) atoms. The number of carbonyl (C=O) groups excluding carboxylic acids is 4. The zero-order valence-electron chi connectivity index (χ0n) is 14.9. The molecular formula is C19H18Br3NO5. The number of amides is 2. The molecule has 0 bridgehead atoms. The maximum atomic E-state index is 12.7. The Balaban J connectivity index is 1.63. The van der Waals surface area contributed by atoms with Crippen molar-refractivity contribution in [2.45, 2.75) is 35.5 Å². The number of fused-ring (bicyclic) bond motifs is 1. The van der Waals surface area contributed by atoms with Crippen LogP contribution >= 0.6 is 47.8 Å². The number of nitrogens with zero attached hydrogens (tertiary/aromatic N) is 1. The van der Waals surface area contributed by atoms with E-state index in [4.69, 9.17) is 4.74 Å². The summed E-state index contributed by atoms with van der Waals surface area (Å²) in [6, 6.07) is 5.61. The van der Waals surface area contributed by atoms with E-state index in [1.54, 1.807) is 24.3 Å². The van der Waals surface area contributed by atoms with Gasteiger partial charge in [-0.1, -0.05) is 59.9 Å². The normalized spacial score (nSPS) is 28.1. The summed E-state index contributed by atoms with van der Waals surface area (Å²) in [7, 11) is 0. The van der Waals surface area contributed by atoms with Crippen molar-refractivity contribution in [3.05, 3.63) is 34.3 Å². The van der Waals surface area contributed by atoms with Gasteiger partial charge in [0.25, 0.3) is 0 Å². The molecule has 1 aliphatic carbocycles. The predicted molar refractivity (Wildman–Crippen MR) is 112 cm³/mol. The highest BCUT2D eigenvalue weighted by molar-refractivity contribution is 9.12. The molecule has 1 aromatic rings. The summed E-state index contributed by atoms with van der Waals surface area (Å²) >= 11 is 10.3. The average molecular weight is 580 g/mol. The van der Waals surface area contributed by atoms with Gasteiger partial charge in [0.2, 0.25) is 11.8 Å². The number of carbonyl (C=O) groups is 4.